The van der Waals surface area contributed by atoms with Gasteiger partial charge < -0.3 is 0 Å². The molecular weight excluding hydrogens is 247 g/mol. The normalized spacial score (nSPS) is 9.64. The van der Waals surface area contributed by atoms with E-state index in [1.807, 2.05) is 0 Å². The third kappa shape index (κ3) is 2.06. The van der Waals surface area contributed by atoms with Gasteiger partial charge in [0.05, 0.1) is 0 Å². The summed E-state index contributed by atoms with van der Waals surface area (Å²) >= 11 is 2.26. The topological polar surface area (TPSA) is 0 Å². The summed E-state index contributed by atoms with van der Waals surface area (Å²) in [7, 11) is 0. The Kier molecular flexibility index (Phi) is 3.12. The van der Waals surface area contributed by atoms with Crippen molar-refractivity contribution in [2.24, 2.45) is 0 Å². The van der Waals surface area contributed by atoms with Crippen LogP contribution in [0, 0.1) is 0 Å². The molecule has 0 aliphatic carbocycles. The van der Waals surface area contributed by atoms with E-state index in [0.29, 0.717) is 0 Å². The van der Waals surface area contributed by atoms with Crippen LogP contribution in [-0.4, -0.2) is 0 Å². The predicted molar refractivity (Wildman–Crippen MR) is 58.9 cm³/mol. The molecule has 0 spiro atoms. The smallest absolute Gasteiger partial charge is 0.0133 e. The molecule has 0 saturated heterocycles. The van der Waals surface area contributed by atoms with Crippen molar-refractivity contribution in [3.63, 3.8) is 0 Å². The lowest BCUT2D eigenvalue weighted by atomic mass is 10.1. The second kappa shape index (κ2) is 3.90. The first kappa shape index (κ1) is 8.78. The number of hydrogen-bond acceptors (Lipinski definition) is 0. The van der Waals surface area contributed by atoms with E-state index in [2.05, 4.69) is 60.4 Å². The maximum atomic E-state index is 3.92. The average molecular weight is 258 g/mol. The summed E-state index contributed by atoms with van der Waals surface area (Å²) in [5.41, 5.74) is 2.67. The third-order valence-corrected chi connectivity index (χ3v) is 2.27. The quantitative estimate of drug-likeness (QED) is 0.710. The van der Waals surface area contributed by atoms with E-state index < -0.39 is 0 Å². The van der Waals surface area contributed by atoms with Gasteiger partial charge >= 0.3 is 0 Å². The highest BCUT2D eigenvalue weighted by Gasteiger charge is 1.99. The zero-order valence-corrected chi connectivity index (χ0v) is 8.76. The molecule has 1 heteroatoms. The molecule has 11 heavy (non-hydrogen) atoms. The van der Waals surface area contributed by atoms with Gasteiger partial charge in [0.25, 0.3) is 0 Å². The second-order valence-electron chi connectivity index (χ2n) is 2.42. The van der Waals surface area contributed by atoms with Crippen LogP contribution in [0.5, 0.6) is 0 Å². The van der Waals surface area contributed by atoms with Crippen molar-refractivity contribution in [3.8, 4) is 0 Å². The summed E-state index contributed by atoms with van der Waals surface area (Å²) in [6.45, 7) is 6.09. The van der Waals surface area contributed by atoms with Gasteiger partial charge in [-0.2, -0.15) is 0 Å². The Morgan fingerprint density at radius 3 is 2.55 bits per heavy atom. The molecule has 0 unspecified atom stereocenters. The molecule has 1 rings (SSSR count). The summed E-state index contributed by atoms with van der Waals surface area (Å²) in [6, 6.07) is 8.40. The minimum atomic E-state index is 1.08. The van der Waals surface area contributed by atoms with E-state index in [4.69, 9.17) is 0 Å². The Balaban J connectivity index is 3.12. The second-order valence-corrected chi connectivity index (χ2v) is 3.72. The highest BCUT2D eigenvalue weighted by molar-refractivity contribution is 14.1. The van der Waals surface area contributed by atoms with Crippen LogP contribution >= 0.6 is 22.6 Å². The van der Waals surface area contributed by atoms with Crippen LogP contribution in [0.3, 0.4) is 0 Å². The molecule has 0 N–H and O–H groups in total. The summed E-state index contributed by atoms with van der Waals surface area (Å²) in [5, 5.41) is 0. The van der Waals surface area contributed by atoms with Gasteiger partial charge in [0.2, 0.25) is 0 Å². The molecule has 0 amide bonds. The molecule has 0 nitrogen and oxygen atoms in total. The maximum absolute atomic E-state index is 3.92. The lowest BCUT2D eigenvalue weighted by Gasteiger charge is -2.04. The lowest BCUT2D eigenvalue weighted by Crippen LogP contribution is -1.85. The molecule has 1 aromatic rings. The van der Waals surface area contributed by atoms with E-state index in [1.54, 1.807) is 0 Å². The minimum Gasteiger partial charge on any atom is -0.0850 e. The van der Waals surface area contributed by atoms with Crippen LogP contribution in [-0.2, 0) is 6.42 Å². The molecule has 0 aliphatic heterocycles. The summed E-state index contributed by atoms with van der Waals surface area (Å²) < 4.78 is 1.13. The van der Waals surface area contributed by atoms with Crippen molar-refractivity contribution in [3.05, 3.63) is 42.0 Å². The van der Waals surface area contributed by atoms with Crippen LogP contribution in [0.2, 0.25) is 0 Å². The standard InChI is InChI=1S/C10H11I/c1-3-9-6-4-5-7-10(9)8(2)11/h4-7H,2-3H2,1H3. The molecule has 0 aliphatic rings. The molecule has 0 aromatic heterocycles. The van der Waals surface area contributed by atoms with E-state index in [9.17, 15) is 0 Å². The van der Waals surface area contributed by atoms with Gasteiger partial charge in [-0.3, -0.25) is 0 Å². The van der Waals surface area contributed by atoms with Gasteiger partial charge in [0.15, 0.2) is 0 Å². The Morgan fingerprint density at radius 1 is 1.45 bits per heavy atom. The van der Waals surface area contributed by atoms with Gasteiger partial charge in [-0.25, -0.2) is 0 Å². The number of rotatable bonds is 2. The van der Waals surface area contributed by atoms with Crippen LogP contribution in [0.25, 0.3) is 3.58 Å². The summed E-state index contributed by atoms with van der Waals surface area (Å²) in [6.07, 6.45) is 1.08. The highest BCUT2D eigenvalue weighted by Crippen LogP contribution is 2.23. The van der Waals surface area contributed by atoms with E-state index in [0.717, 1.165) is 10.0 Å². The number of halogens is 1. The number of benzene rings is 1. The van der Waals surface area contributed by atoms with Crippen molar-refractivity contribution >= 4 is 26.2 Å². The number of aryl methyl sites for hydroxylation is 1. The molecule has 0 heterocycles. The van der Waals surface area contributed by atoms with E-state index >= 15 is 0 Å². The fourth-order valence-corrected chi connectivity index (χ4v) is 1.62. The van der Waals surface area contributed by atoms with Gasteiger partial charge in [0, 0.05) is 3.58 Å². The zero-order chi connectivity index (χ0) is 8.27. The van der Waals surface area contributed by atoms with Crippen molar-refractivity contribution < 1.29 is 0 Å². The molecule has 0 saturated carbocycles. The van der Waals surface area contributed by atoms with E-state index in [1.165, 1.54) is 11.1 Å². The van der Waals surface area contributed by atoms with Gasteiger partial charge in [-0.05, 0) is 40.1 Å². The SMILES string of the molecule is C=C(I)c1ccccc1CC. The summed E-state index contributed by atoms with van der Waals surface area (Å²) in [4.78, 5) is 0. The highest BCUT2D eigenvalue weighted by atomic mass is 127. The third-order valence-electron chi connectivity index (χ3n) is 1.69. The van der Waals surface area contributed by atoms with E-state index in [-0.39, 0.29) is 0 Å². The first-order valence-electron chi connectivity index (χ1n) is 3.68. The average Bonchev–Trinajstić information content (AvgIpc) is 2.04. The van der Waals surface area contributed by atoms with Crippen LogP contribution < -0.4 is 0 Å². The molecule has 0 fully saturated rings. The minimum absolute atomic E-state index is 1.08. The molecular formula is C10H11I. The van der Waals surface area contributed by atoms with Gasteiger partial charge in [0.1, 0.15) is 0 Å². The van der Waals surface area contributed by atoms with Crippen molar-refractivity contribution in [2.75, 3.05) is 0 Å². The fourth-order valence-electron chi connectivity index (χ4n) is 1.09. The van der Waals surface area contributed by atoms with Crippen LogP contribution in [0.15, 0.2) is 30.8 Å². The van der Waals surface area contributed by atoms with Crippen molar-refractivity contribution in [1.29, 1.82) is 0 Å². The van der Waals surface area contributed by atoms with Gasteiger partial charge in [-0.1, -0.05) is 37.8 Å². The largest absolute Gasteiger partial charge is 0.0850 e. The Bertz CT molecular complexity index is 263. The van der Waals surface area contributed by atoms with Gasteiger partial charge in [-0.15, -0.1) is 0 Å². The lowest BCUT2D eigenvalue weighted by molar-refractivity contribution is 1.13. The fraction of sp³-hybridized carbons (Fsp3) is 0.200. The molecule has 0 bridgehead atoms. The maximum Gasteiger partial charge on any atom is 0.0133 e. The van der Waals surface area contributed by atoms with Crippen molar-refractivity contribution in [1.82, 2.24) is 0 Å². The Labute approximate surface area is 81.5 Å². The number of hydrogen-bond donors (Lipinski definition) is 0. The molecule has 58 valence electrons. The monoisotopic (exact) mass is 258 g/mol. The Hall–Kier alpha value is -0.310. The zero-order valence-electron chi connectivity index (χ0n) is 6.60. The van der Waals surface area contributed by atoms with Crippen LogP contribution in [0.4, 0.5) is 0 Å². The predicted octanol–water partition coefficient (Wildman–Crippen LogP) is 3.65. The first-order chi connectivity index (χ1) is 5.25. The molecule has 1 aromatic carbocycles. The first-order valence-corrected chi connectivity index (χ1v) is 4.76. The Morgan fingerprint density at radius 2 is 2.09 bits per heavy atom. The molecule has 0 radical (unpaired) electrons. The summed E-state index contributed by atoms with van der Waals surface area (Å²) in [5.74, 6) is 0. The molecule has 0 atom stereocenters. The van der Waals surface area contributed by atoms with Crippen LogP contribution in [0.1, 0.15) is 18.1 Å². The van der Waals surface area contributed by atoms with Crippen molar-refractivity contribution in [2.45, 2.75) is 13.3 Å².